The summed E-state index contributed by atoms with van der Waals surface area (Å²) < 4.78 is 2.95. The van der Waals surface area contributed by atoms with Crippen LogP contribution in [0.1, 0.15) is 43.5 Å². The van der Waals surface area contributed by atoms with Crippen molar-refractivity contribution >= 4 is 38.0 Å². The third kappa shape index (κ3) is 4.69. The van der Waals surface area contributed by atoms with E-state index in [1.807, 2.05) is 30.3 Å². The number of hydrogen-bond acceptors (Lipinski definition) is 4. The molecule has 0 atom stereocenters. The number of aryl methyl sites for hydroxylation is 1. The molecule has 0 amide bonds. The Hall–Kier alpha value is -3.05. The average Bonchev–Trinajstić information content (AvgIpc) is 3.29. The van der Waals surface area contributed by atoms with Gasteiger partial charge in [-0.3, -0.25) is 9.36 Å². The lowest BCUT2D eigenvalue weighted by Crippen LogP contribution is -2.22. The van der Waals surface area contributed by atoms with Crippen LogP contribution in [0.2, 0.25) is 0 Å². The number of thiazole rings is 1. The molecule has 33 heavy (non-hydrogen) atoms. The molecule has 0 radical (unpaired) electrons. The van der Waals surface area contributed by atoms with Crippen molar-refractivity contribution in [1.29, 1.82) is 0 Å². The Morgan fingerprint density at radius 1 is 1.00 bits per heavy atom. The van der Waals surface area contributed by atoms with E-state index >= 15 is 0 Å². The van der Waals surface area contributed by atoms with Gasteiger partial charge in [-0.25, -0.2) is 9.97 Å². The number of aromatic nitrogens is 3. The Morgan fingerprint density at radius 3 is 2.52 bits per heavy atom. The standard InChI is InChI=1S/C28H29N3OS/c1-19(15-16-31-18-29-24-8-4-3-7-23(24)28(31)32)22-13-11-21(12-14-22)17-20(2)27-30-25-9-5-6-10-26(25)33-27/h3-10,18,21-22H,1-2,11-17H2. The molecule has 1 saturated carbocycles. The molecule has 5 rings (SSSR count). The molecule has 2 aromatic carbocycles. The van der Waals surface area contributed by atoms with Crippen LogP contribution in [-0.2, 0) is 6.54 Å². The third-order valence-electron chi connectivity index (χ3n) is 6.96. The third-order valence-corrected chi connectivity index (χ3v) is 8.10. The van der Waals surface area contributed by atoms with Crippen LogP contribution in [-0.4, -0.2) is 14.5 Å². The van der Waals surface area contributed by atoms with Gasteiger partial charge < -0.3 is 0 Å². The zero-order valence-electron chi connectivity index (χ0n) is 18.9. The van der Waals surface area contributed by atoms with Crippen LogP contribution >= 0.6 is 11.3 Å². The van der Waals surface area contributed by atoms with Gasteiger partial charge in [0.2, 0.25) is 0 Å². The molecule has 0 bridgehead atoms. The van der Waals surface area contributed by atoms with Crippen molar-refractivity contribution in [2.75, 3.05) is 0 Å². The summed E-state index contributed by atoms with van der Waals surface area (Å²) in [5, 5.41) is 1.76. The fourth-order valence-corrected chi connectivity index (χ4v) is 5.91. The summed E-state index contributed by atoms with van der Waals surface area (Å²) in [6.07, 6.45) is 8.26. The highest BCUT2D eigenvalue weighted by Gasteiger charge is 2.24. The van der Waals surface area contributed by atoms with Crippen molar-refractivity contribution in [1.82, 2.24) is 14.5 Å². The molecule has 0 N–H and O–H groups in total. The van der Waals surface area contributed by atoms with E-state index in [1.54, 1.807) is 22.2 Å². The maximum absolute atomic E-state index is 12.7. The highest BCUT2D eigenvalue weighted by molar-refractivity contribution is 7.19. The van der Waals surface area contributed by atoms with Gasteiger partial charge in [0, 0.05) is 6.54 Å². The van der Waals surface area contributed by atoms with Gasteiger partial charge in [-0.2, -0.15) is 0 Å². The fraction of sp³-hybridized carbons (Fsp3) is 0.321. The Labute approximate surface area is 198 Å². The number of rotatable bonds is 7. The second kappa shape index (κ2) is 9.44. The second-order valence-electron chi connectivity index (χ2n) is 9.18. The van der Waals surface area contributed by atoms with Crippen molar-refractivity contribution in [2.24, 2.45) is 11.8 Å². The first kappa shape index (κ1) is 21.8. The van der Waals surface area contributed by atoms with Crippen LogP contribution in [0.3, 0.4) is 0 Å². The van der Waals surface area contributed by atoms with E-state index in [2.05, 4.69) is 36.3 Å². The Morgan fingerprint density at radius 2 is 1.73 bits per heavy atom. The molecule has 4 aromatic rings. The number of hydrogen-bond donors (Lipinski definition) is 0. The van der Waals surface area contributed by atoms with Gasteiger partial charge in [0.15, 0.2) is 0 Å². The molecule has 0 aliphatic heterocycles. The van der Waals surface area contributed by atoms with Crippen molar-refractivity contribution < 1.29 is 0 Å². The molecule has 4 nitrogen and oxygen atoms in total. The monoisotopic (exact) mass is 455 g/mol. The molecule has 1 aliphatic rings. The van der Waals surface area contributed by atoms with Crippen LogP contribution < -0.4 is 5.56 Å². The van der Waals surface area contributed by atoms with Crippen LogP contribution in [0.25, 0.3) is 26.7 Å². The van der Waals surface area contributed by atoms with Crippen LogP contribution in [0.5, 0.6) is 0 Å². The molecule has 2 heterocycles. The number of fused-ring (bicyclic) bond motifs is 2. The minimum Gasteiger partial charge on any atom is -0.298 e. The summed E-state index contributed by atoms with van der Waals surface area (Å²) in [4.78, 5) is 21.9. The van der Waals surface area contributed by atoms with Gasteiger partial charge in [-0.1, -0.05) is 43.0 Å². The van der Waals surface area contributed by atoms with E-state index in [0.29, 0.717) is 23.8 Å². The van der Waals surface area contributed by atoms with Crippen molar-refractivity contribution in [3.05, 3.63) is 89.0 Å². The van der Waals surface area contributed by atoms with E-state index in [4.69, 9.17) is 4.98 Å². The van der Waals surface area contributed by atoms with Crippen LogP contribution in [0, 0.1) is 11.8 Å². The lowest BCUT2D eigenvalue weighted by molar-refractivity contribution is 0.301. The van der Waals surface area contributed by atoms with E-state index in [9.17, 15) is 4.79 Å². The van der Waals surface area contributed by atoms with Crippen LogP contribution in [0.15, 0.2) is 78.4 Å². The highest BCUT2D eigenvalue weighted by atomic mass is 32.1. The lowest BCUT2D eigenvalue weighted by Gasteiger charge is -2.30. The SMILES string of the molecule is C=C(CC1CCC(C(=C)CCn2cnc3ccccc3c2=O)CC1)c1nc2ccccc2s1. The average molecular weight is 456 g/mol. The molecule has 1 fully saturated rings. The first-order valence-corrected chi connectivity index (χ1v) is 12.6. The van der Waals surface area contributed by atoms with Crippen molar-refractivity contribution in [3.8, 4) is 0 Å². The first-order valence-electron chi connectivity index (χ1n) is 11.7. The van der Waals surface area contributed by atoms with Gasteiger partial charge in [0.25, 0.3) is 5.56 Å². The molecule has 0 saturated heterocycles. The molecule has 168 valence electrons. The summed E-state index contributed by atoms with van der Waals surface area (Å²) >= 11 is 1.75. The minimum atomic E-state index is 0.0328. The quantitative estimate of drug-likeness (QED) is 0.286. The van der Waals surface area contributed by atoms with Gasteiger partial charge in [0.05, 0.1) is 27.4 Å². The molecule has 0 unspecified atom stereocenters. The van der Waals surface area contributed by atoms with Gasteiger partial charge in [0.1, 0.15) is 5.01 Å². The number of nitrogens with zero attached hydrogens (tertiary/aromatic N) is 3. The maximum atomic E-state index is 12.7. The fourth-order valence-electron chi connectivity index (χ4n) is 4.97. The van der Waals surface area contributed by atoms with Crippen molar-refractivity contribution in [2.45, 2.75) is 45.1 Å². The van der Waals surface area contributed by atoms with Crippen LogP contribution in [0.4, 0.5) is 0 Å². The highest BCUT2D eigenvalue weighted by Crippen LogP contribution is 2.39. The maximum Gasteiger partial charge on any atom is 0.261 e. The summed E-state index contributed by atoms with van der Waals surface area (Å²) in [5.74, 6) is 1.21. The summed E-state index contributed by atoms with van der Waals surface area (Å²) in [6.45, 7) is 9.38. The molecule has 1 aliphatic carbocycles. The molecule has 2 aromatic heterocycles. The predicted octanol–water partition coefficient (Wildman–Crippen LogP) is 6.86. The summed E-state index contributed by atoms with van der Waals surface area (Å²) in [5.41, 5.74) is 4.29. The number of allylic oxidation sites excluding steroid dienone is 2. The summed E-state index contributed by atoms with van der Waals surface area (Å²) in [7, 11) is 0. The Bertz CT molecular complexity index is 1340. The largest absolute Gasteiger partial charge is 0.298 e. The number of para-hydroxylation sites is 2. The van der Waals surface area contributed by atoms with Crippen molar-refractivity contribution in [3.63, 3.8) is 0 Å². The minimum absolute atomic E-state index is 0.0328. The van der Waals surface area contributed by atoms with E-state index in [0.717, 1.165) is 28.9 Å². The van der Waals surface area contributed by atoms with Gasteiger partial charge in [-0.05, 0) is 80.2 Å². The second-order valence-corrected chi connectivity index (χ2v) is 10.2. The topological polar surface area (TPSA) is 47.8 Å². The van der Waals surface area contributed by atoms with E-state index in [1.165, 1.54) is 41.5 Å². The Balaban J connectivity index is 1.13. The smallest absolute Gasteiger partial charge is 0.261 e. The van der Waals surface area contributed by atoms with Gasteiger partial charge >= 0.3 is 0 Å². The lowest BCUT2D eigenvalue weighted by atomic mass is 9.76. The zero-order chi connectivity index (χ0) is 22.8. The normalized spacial score (nSPS) is 18.5. The van der Waals surface area contributed by atoms with Gasteiger partial charge in [-0.15, -0.1) is 11.3 Å². The summed E-state index contributed by atoms with van der Waals surface area (Å²) in [6, 6.07) is 15.8. The van der Waals surface area contributed by atoms with E-state index in [-0.39, 0.29) is 5.56 Å². The predicted molar refractivity (Wildman–Crippen MR) is 138 cm³/mol. The molecule has 5 heteroatoms. The molecular weight excluding hydrogens is 426 g/mol. The number of benzene rings is 2. The first-order chi connectivity index (χ1) is 16.1. The zero-order valence-corrected chi connectivity index (χ0v) is 19.7. The molecular formula is C28H29N3OS. The van der Waals surface area contributed by atoms with E-state index < -0.39 is 0 Å². The Kier molecular flexibility index (Phi) is 6.23. The molecule has 0 spiro atoms.